The Morgan fingerprint density at radius 2 is 1.83 bits per heavy atom. The number of carbonyl (C=O) groups is 3. The predicted molar refractivity (Wildman–Crippen MR) is 109 cm³/mol. The molecule has 0 radical (unpaired) electrons. The van der Waals surface area contributed by atoms with Gasteiger partial charge in [-0.2, -0.15) is 0 Å². The minimum atomic E-state index is -0.767. The van der Waals surface area contributed by atoms with Crippen LogP contribution in [-0.4, -0.2) is 51.7 Å². The number of nitrogens with zero attached hydrogens (tertiary/aromatic N) is 3. The number of amides is 2. The lowest BCUT2D eigenvalue weighted by Crippen LogP contribution is -2.33. The molecule has 1 heterocycles. The van der Waals surface area contributed by atoms with Gasteiger partial charge in [-0.25, -0.2) is 9.48 Å². The molecule has 162 valence electrons. The van der Waals surface area contributed by atoms with Gasteiger partial charge in [-0.1, -0.05) is 35.5 Å². The van der Waals surface area contributed by atoms with E-state index in [2.05, 4.69) is 20.9 Å². The number of ether oxygens (including phenoxy) is 2. The van der Waals surface area contributed by atoms with E-state index < -0.39 is 23.6 Å². The number of aromatic nitrogens is 3. The Kier molecular flexibility index (Phi) is 7.90. The number of hydrogen-bond donors (Lipinski definition) is 2. The van der Waals surface area contributed by atoms with Gasteiger partial charge < -0.3 is 14.8 Å². The van der Waals surface area contributed by atoms with Crippen LogP contribution in [0.4, 0.5) is 10.6 Å². The monoisotopic (exact) mass is 417 g/mol. The van der Waals surface area contributed by atoms with Crippen LogP contribution in [0.3, 0.4) is 0 Å². The van der Waals surface area contributed by atoms with E-state index in [1.165, 1.54) is 4.68 Å². The number of nitrogens with one attached hydrogen (secondary N) is 2. The summed E-state index contributed by atoms with van der Waals surface area (Å²) in [5, 5.41) is 12.8. The van der Waals surface area contributed by atoms with Crippen LogP contribution >= 0.6 is 0 Å². The minimum absolute atomic E-state index is 0.0149. The molecule has 30 heavy (non-hydrogen) atoms. The van der Waals surface area contributed by atoms with E-state index in [4.69, 9.17) is 9.47 Å². The van der Waals surface area contributed by atoms with Crippen molar-refractivity contribution in [3.8, 4) is 0 Å². The fraction of sp³-hybridized carbons (Fsp3) is 0.450. The van der Waals surface area contributed by atoms with Gasteiger partial charge in [-0.05, 0) is 39.7 Å². The summed E-state index contributed by atoms with van der Waals surface area (Å²) in [7, 11) is 0. The Morgan fingerprint density at radius 3 is 2.47 bits per heavy atom. The lowest BCUT2D eigenvalue weighted by molar-refractivity contribution is -0.141. The number of aryl methyl sites for hydroxylation is 2. The fourth-order valence-corrected chi connectivity index (χ4v) is 2.51. The Bertz CT molecular complexity index is 873. The number of carbonyl (C=O) groups excluding carboxylic acids is 3. The van der Waals surface area contributed by atoms with Gasteiger partial charge in [0.05, 0.1) is 6.61 Å². The second kappa shape index (κ2) is 10.4. The molecule has 0 aliphatic heterocycles. The molecule has 0 spiro atoms. The Labute approximate surface area is 174 Å². The smallest absolute Gasteiger partial charge is 0.413 e. The standard InChI is InChI=1S/C20H27N5O5/c1-5-29-15(26)13-21-18(27)16-17(22-19(28)30-20(2,3)4)23-24-25(16)12-11-14-9-7-6-8-10-14/h6-10H,5,11-13H2,1-4H3,(H,21,27)(H,22,28). The van der Waals surface area contributed by atoms with Gasteiger partial charge in [0.2, 0.25) is 0 Å². The summed E-state index contributed by atoms with van der Waals surface area (Å²) < 4.78 is 11.4. The third-order valence-corrected chi connectivity index (χ3v) is 3.72. The van der Waals surface area contributed by atoms with E-state index in [1.807, 2.05) is 30.3 Å². The summed E-state index contributed by atoms with van der Waals surface area (Å²) in [6.45, 7) is 7.06. The van der Waals surface area contributed by atoms with Gasteiger partial charge in [0.15, 0.2) is 11.5 Å². The summed E-state index contributed by atoms with van der Waals surface area (Å²) in [4.78, 5) is 36.4. The van der Waals surface area contributed by atoms with Gasteiger partial charge in [-0.15, -0.1) is 5.10 Å². The molecule has 1 aromatic carbocycles. The van der Waals surface area contributed by atoms with Crippen molar-refractivity contribution in [2.45, 2.75) is 46.3 Å². The second-order valence-electron chi connectivity index (χ2n) is 7.36. The zero-order valence-corrected chi connectivity index (χ0v) is 17.6. The normalized spacial score (nSPS) is 10.9. The van der Waals surface area contributed by atoms with Crippen LogP contribution < -0.4 is 10.6 Å². The van der Waals surface area contributed by atoms with Crippen molar-refractivity contribution in [1.82, 2.24) is 20.3 Å². The molecule has 0 aliphatic carbocycles. The van der Waals surface area contributed by atoms with Crippen molar-refractivity contribution in [2.24, 2.45) is 0 Å². The first-order valence-corrected chi connectivity index (χ1v) is 9.61. The number of benzene rings is 1. The van der Waals surface area contributed by atoms with E-state index in [0.717, 1.165) is 5.56 Å². The molecule has 1 aromatic heterocycles. The third-order valence-electron chi connectivity index (χ3n) is 3.72. The van der Waals surface area contributed by atoms with E-state index in [1.54, 1.807) is 27.7 Å². The van der Waals surface area contributed by atoms with Crippen molar-refractivity contribution < 1.29 is 23.9 Å². The third kappa shape index (κ3) is 7.19. The van der Waals surface area contributed by atoms with Crippen LogP contribution in [0.5, 0.6) is 0 Å². The average molecular weight is 417 g/mol. The Balaban J connectivity index is 2.18. The minimum Gasteiger partial charge on any atom is -0.465 e. The molecular formula is C20H27N5O5. The highest BCUT2D eigenvalue weighted by atomic mass is 16.6. The van der Waals surface area contributed by atoms with Crippen molar-refractivity contribution >= 4 is 23.8 Å². The highest BCUT2D eigenvalue weighted by Gasteiger charge is 2.25. The molecule has 2 rings (SSSR count). The molecule has 0 bridgehead atoms. The Hall–Kier alpha value is -3.43. The number of rotatable bonds is 8. The molecule has 2 amide bonds. The molecule has 0 fully saturated rings. The number of anilines is 1. The van der Waals surface area contributed by atoms with E-state index in [-0.39, 0.29) is 24.7 Å². The molecule has 10 nitrogen and oxygen atoms in total. The van der Waals surface area contributed by atoms with Gasteiger partial charge >= 0.3 is 12.1 Å². The molecule has 0 unspecified atom stereocenters. The largest absolute Gasteiger partial charge is 0.465 e. The highest BCUT2D eigenvalue weighted by molar-refractivity contribution is 6.01. The second-order valence-corrected chi connectivity index (χ2v) is 7.36. The molecule has 0 aliphatic rings. The predicted octanol–water partition coefficient (Wildman–Crippen LogP) is 2.16. The lowest BCUT2D eigenvalue weighted by Gasteiger charge is -2.19. The van der Waals surface area contributed by atoms with Crippen LogP contribution in [0.2, 0.25) is 0 Å². The topological polar surface area (TPSA) is 124 Å². The first kappa shape index (κ1) is 22.9. The Morgan fingerprint density at radius 1 is 1.13 bits per heavy atom. The lowest BCUT2D eigenvalue weighted by atomic mass is 10.1. The first-order valence-electron chi connectivity index (χ1n) is 9.61. The van der Waals surface area contributed by atoms with Crippen LogP contribution in [0.1, 0.15) is 43.7 Å². The summed E-state index contributed by atoms with van der Waals surface area (Å²) in [6.07, 6.45) is -0.175. The molecule has 0 atom stereocenters. The van der Waals surface area contributed by atoms with E-state index in [0.29, 0.717) is 13.0 Å². The average Bonchev–Trinajstić information content (AvgIpc) is 3.06. The molecule has 10 heteroatoms. The van der Waals surface area contributed by atoms with Gasteiger partial charge in [-0.3, -0.25) is 14.9 Å². The quantitative estimate of drug-likeness (QED) is 0.631. The van der Waals surface area contributed by atoms with Crippen molar-refractivity contribution in [3.63, 3.8) is 0 Å². The number of hydrogen-bond acceptors (Lipinski definition) is 7. The van der Waals surface area contributed by atoms with Crippen molar-refractivity contribution in [2.75, 3.05) is 18.5 Å². The summed E-state index contributed by atoms with van der Waals surface area (Å²) in [6, 6.07) is 9.66. The maximum absolute atomic E-state index is 12.7. The number of esters is 1. The van der Waals surface area contributed by atoms with Gasteiger partial charge in [0.25, 0.3) is 5.91 Å². The van der Waals surface area contributed by atoms with E-state index in [9.17, 15) is 14.4 Å². The highest BCUT2D eigenvalue weighted by Crippen LogP contribution is 2.15. The van der Waals surface area contributed by atoms with Crippen LogP contribution in [0, 0.1) is 0 Å². The van der Waals surface area contributed by atoms with E-state index >= 15 is 0 Å². The first-order chi connectivity index (χ1) is 14.2. The molecule has 0 saturated heterocycles. The maximum Gasteiger partial charge on any atom is 0.413 e. The molecule has 2 N–H and O–H groups in total. The van der Waals surface area contributed by atoms with Crippen LogP contribution in [-0.2, 0) is 27.2 Å². The zero-order chi connectivity index (χ0) is 22.1. The van der Waals surface area contributed by atoms with Crippen molar-refractivity contribution in [3.05, 3.63) is 41.6 Å². The van der Waals surface area contributed by atoms with Gasteiger partial charge in [0, 0.05) is 6.54 Å². The SMILES string of the molecule is CCOC(=O)CNC(=O)c1c(NC(=O)OC(C)(C)C)nnn1CCc1ccccc1. The van der Waals surface area contributed by atoms with Crippen LogP contribution in [0.15, 0.2) is 30.3 Å². The molecule has 0 saturated carbocycles. The molecule has 2 aromatic rings. The van der Waals surface area contributed by atoms with Crippen LogP contribution in [0.25, 0.3) is 0 Å². The summed E-state index contributed by atoms with van der Waals surface area (Å²) >= 11 is 0. The summed E-state index contributed by atoms with van der Waals surface area (Å²) in [5.74, 6) is -1.25. The zero-order valence-electron chi connectivity index (χ0n) is 17.6. The molecular weight excluding hydrogens is 390 g/mol. The van der Waals surface area contributed by atoms with Gasteiger partial charge in [0.1, 0.15) is 12.1 Å². The fourth-order valence-electron chi connectivity index (χ4n) is 2.51. The maximum atomic E-state index is 12.7. The summed E-state index contributed by atoms with van der Waals surface area (Å²) in [5.41, 5.74) is 0.341. The van der Waals surface area contributed by atoms with Crippen molar-refractivity contribution in [1.29, 1.82) is 0 Å².